The monoisotopic (exact) mass is 357 g/mol. The maximum absolute atomic E-state index is 5.61. The summed E-state index contributed by atoms with van der Waals surface area (Å²) in [5, 5.41) is 2.10. The quantitative estimate of drug-likeness (QED) is 0.506. The van der Waals surface area contributed by atoms with E-state index in [1.807, 2.05) is 18.3 Å². The first-order chi connectivity index (χ1) is 11.8. The van der Waals surface area contributed by atoms with E-state index < -0.39 is 0 Å². The van der Waals surface area contributed by atoms with Crippen molar-refractivity contribution in [2.24, 2.45) is 0 Å². The Kier molecular flexibility index (Phi) is 3.62. The summed E-state index contributed by atoms with van der Waals surface area (Å²) in [6, 6.07) is 8.01. The second-order valence-electron chi connectivity index (χ2n) is 5.94. The number of benzene rings is 2. The number of aromatic nitrogens is 1. The van der Waals surface area contributed by atoms with Gasteiger partial charge in [-0.2, -0.15) is 0 Å². The first kappa shape index (κ1) is 15.8. The van der Waals surface area contributed by atoms with Crippen LogP contribution >= 0.6 is 0 Å². The number of fused-ring (bicyclic) bond motifs is 6. The molecule has 0 atom stereocenters. The zero-order valence-electron chi connectivity index (χ0n) is 13.8. The van der Waals surface area contributed by atoms with Gasteiger partial charge in [-0.05, 0) is 29.8 Å². The molecule has 0 saturated carbocycles. The summed E-state index contributed by atoms with van der Waals surface area (Å²) in [7, 11) is 3.38. The molecule has 1 aliphatic heterocycles. The van der Waals surface area contributed by atoms with E-state index in [-0.39, 0.29) is 19.2 Å². The predicted octanol–water partition coefficient (Wildman–Crippen LogP) is -0.0250. The SMILES string of the molecule is COc1ccc(OC)c2c3c([nH+]cc12)-c1cc2c(cc1C3)OCO2.[Cl-]. The Hall–Kier alpha value is -2.66. The second kappa shape index (κ2) is 5.70. The Balaban J connectivity index is 0.00000157. The molecule has 0 saturated heterocycles. The number of ether oxygens (including phenoxy) is 4. The largest absolute Gasteiger partial charge is 1.00 e. The van der Waals surface area contributed by atoms with Crippen molar-refractivity contribution >= 4 is 10.8 Å². The molecule has 2 heterocycles. The van der Waals surface area contributed by atoms with Crippen LogP contribution in [0.5, 0.6) is 23.0 Å². The van der Waals surface area contributed by atoms with Gasteiger partial charge in [0.15, 0.2) is 17.7 Å². The van der Waals surface area contributed by atoms with Crippen LogP contribution in [0.15, 0.2) is 30.5 Å². The van der Waals surface area contributed by atoms with Gasteiger partial charge in [0.05, 0.1) is 25.2 Å². The molecule has 5 nitrogen and oxygen atoms in total. The highest BCUT2D eigenvalue weighted by molar-refractivity contribution is 5.99. The van der Waals surface area contributed by atoms with Crippen molar-refractivity contribution in [2.45, 2.75) is 6.42 Å². The normalized spacial score (nSPS) is 13.2. The molecule has 3 aromatic rings. The fourth-order valence-corrected chi connectivity index (χ4v) is 3.71. The van der Waals surface area contributed by atoms with Gasteiger partial charge in [-0.15, -0.1) is 0 Å². The molecular formula is C19H16ClNO4. The smallest absolute Gasteiger partial charge is 0.231 e. The molecular weight excluding hydrogens is 342 g/mol. The minimum Gasteiger partial charge on any atom is -1.00 e. The maximum atomic E-state index is 5.61. The minimum atomic E-state index is 0. The molecule has 1 N–H and O–H groups in total. The molecule has 0 amide bonds. The Morgan fingerprint density at radius 2 is 1.72 bits per heavy atom. The zero-order valence-corrected chi connectivity index (χ0v) is 14.6. The summed E-state index contributed by atoms with van der Waals surface area (Å²) in [6.45, 7) is 0.289. The molecule has 6 heteroatoms. The molecule has 25 heavy (non-hydrogen) atoms. The highest BCUT2D eigenvalue weighted by Crippen LogP contribution is 2.46. The summed E-state index contributed by atoms with van der Waals surface area (Å²) in [4.78, 5) is 3.43. The molecule has 0 spiro atoms. The Labute approximate surface area is 150 Å². The topological polar surface area (TPSA) is 51.1 Å². The lowest BCUT2D eigenvalue weighted by molar-refractivity contribution is -0.362. The van der Waals surface area contributed by atoms with Crippen LogP contribution in [0.4, 0.5) is 0 Å². The van der Waals surface area contributed by atoms with Crippen molar-refractivity contribution in [1.29, 1.82) is 0 Å². The molecule has 0 radical (unpaired) electrons. The lowest BCUT2D eigenvalue weighted by atomic mass is 10.0. The summed E-state index contributed by atoms with van der Waals surface area (Å²) in [5.74, 6) is 3.29. The first-order valence-corrected chi connectivity index (χ1v) is 7.81. The van der Waals surface area contributed by atoms with Gasteiger partial charge in [0, 0.05) is 17.4 Å². The van der Waals surface area contributed by atoms with E-state index in [9.17, 15) is 0 Å². The molecule has 5 rings (SSSR count). The van der Waals surface area contributed by atoms with E-state index in [4.69, 9.17) is 18.9 Å². The Bertz CT molecular complexity index is 1000. The van der Waals surface area contributed by atoms with Crippen molar-refractivity contribution in [3.63, 3.8) is 0 Å². The molecule has 0 bridgehead atoms. The number of aromatic amines is 1. The van der Waals surface area contributed by atoms with E-state index in [1.165, 1.54) is 11.1 Å². The van der Waals surface area contributed by atoms with Crippen LogP contribution in [0.3, 0.4) is 0 Å². The van der Waals surface area contributed by atoms with Crippen molar-refractivity contribution in [2.75, 3.05) is 21.0 Å². The molecule has 0 fully saturated rings. The average Bonchev–Trinajstić information content (AvgIpc) is 3.21. The lowest BCUT2D eigenvalue weighted by Crippen LogP contribution is -3.00. The molecule has 128 valence electrons. The van der Waals surface area contributed by atoms with Gasteiger partial charge in [-0.25, -0.2) is 4.98 Å². The van der Waals surface area contributed by atoms with E-state index in [2.05, 4.69) is 17.1 Å². The number of H-pyrrole nitrogens is 1. The number of pyridine rings is 1. The molecule has 2 aliphatic rings. The van der Waals surface area contributed by atoms with Crippen LogP contribution < -0.4 is 36.3 Å². The number of halogens is 1. The van der Waals surface area contributed by atoms with Crippen molar-refractivity contribution in [3.8, 4) is 34.3 Å². The van der Waals surface area contributed by atoms with E-state index >= 15 is 0 Å². The highest BCUT2D eigenvalue weighted by atomic mass is 35.5. The summed E-state index contributed by atoms with van der Waals surface area (Å²) < 4.78 is 22.2. The van der Waals surface area contributed by atoms with Gasteiger partial charge in [0.2, 0.25) is 12.5 Å². The first-order valence-electron chi connectivity index (χ1n) is 7.81. The second-order valence-corrected chi connectivity index (χ2v) is 5.94. The van der Waals surface area contributed by atoms with Crippen LogP contribution in [0.1, 0.15) is 11.1 Å². The minimum absolute atomic E-state index is 0. The highest BCUT2D eigenvalue weighted by Gasteiger charge is 2.31. The van der Waals surface area contributed by atoms with Crippen LogP contribution in [-0.4, -0.2) is 21.0 Å². The number of hydrogen-bond donors (Lipinski definition) is 0. The van der Waals surface area contributed by atoms with Gasteiger partial charge in [-0.3, -0.25) is 0 Å². The average molecular weight is 358 g/mol. The summed E-state index contributed by atoms with van der Waals surface area (Å²) >= 11 is 0. The summed E-state index contributed by atoms with van der Waals surface area (Å²) in [6.07, 6.45) is 2.80. The molecule has 1 aliphatic carbocycles. The maximum Gasteiger partial charge on any atom is 0.231 e. The van der Waals surface area contributed by atoms with E-state index in [1.54, 1.807) is 14.2 Å². The standard InChI is InChI=1S/C19H15NO4.ClH/c1-21-14-3-4-15(22-2)18-12-5-10-6-16-17(24-9-23-16)7-11(10)19(12)20-8-13(14)18;/h3-4,6-8H,5,9H2,1-2H3;1H. The van der Waals surface area contributed by atoms with Crippen LogP contribution in [0.2, 0.25) is 0 Å². The summed E-state index contributed by atoms with van der Waals surface area (Å²) in [5.41, 5.74) is 4.69. The molecule has 0 unspecified atom stereocenters. The van der Waals surface area contributed by atoms with Crippen molar-refractivity contribution < 1.29 is 36.3 Å². The van der Waals surface area contributed by atoms with E-state index in [0.717, 1.165) is 51.4 Å². The third-order valence-electron chi connectivity index (χ3n) is 4.81. The van der Waals surface area contributed by atoms with Crippen LogP contribution in [0, 0.1) is 0 Å². The Morgan fingerprint density at radius 3 is 2.48 bits per heavy atom. The van der Waals surface area contributed by atoms with Gasteiger partial charge in [-0.1, -0.05) is 0 Å². The van der Waals surface area contributed by atoms with Crippen LogP contribution in [0.25, 0.3) is 22.0 Å². The number of hydrogen-bond acceptors (Lipinski definition) is 4. The predicted molar refractivity (Wildman–Crippen MR) is 88.0 cm³/mol. The fourth-order valence-electron chi connectivity index (χ4n) is 3.71. The third kappa shape index (κ3) is 2.12. The fraction of sp³-hybridized carbons (Fsp3) is 0.211. The van der Waals surface area contributed by atoms with Crippen molar-refractivity contribution in [3.05, 3.63) is 41.6 Å². The zero-order chi connectivity index (χ0) is 16.3. The van der Waals surface area contributed by atoms with Gasteiger partial charge in [0.1, 0.15) is 11.5 Å². The molecule has 2 aromatic carbocycles. The molecule has 1 aromatic heterocycles. The van der Waals surface area contributed by atoms with E-state index in [0.29, 0.717) is 0 Å². The number of methoxy groups -OCH3 is 2. The van der Waals surface area contributed by atoms with Crippen molar-refractivity contribution in [1.82, 2.24) is 0 Å². The Morgan fingerprint density at radius 1 is 1.00 bits per heavy atom. The van der Waals surface area contributed by atoms with Gasteiger partial charge >= 0.3 is 0 Å². The van der Waals surface area contributed by atoms with Gasteiger partial charge < -0.3 is 31.4 Å². The third-order valence-corrected chi connectivity index (χ3v) is 4.81. The number of rotatable bonds is 2. The lowest BCUT2D eigenvalue weighted by Gasteiger charge is -2.10. The van der Waals surface area contributed by atoms with Gasteiger partial charge in [0.25, 0.3) is 0 Å². The number of nitrogens with one attached hydrogen (secondary N) is 1. The van der Waals surface area contributed by atoms with Crippen LogP contribution in [-0.2, 0) is 6.42 Å².